The zero-order valence-electron chi connectivity index (χ0n) is 15.4. The van der Waals surface area contributed by atoms with Gasteiger partial charge in [0.2, 0.25) is 0 Å². The van der Waals surface area contributed by atoms with Gasteiger partial charge in [-0.2, -0.15) is 0 Å². The molecular weight excluding hydrogens is 336 g/mol. The summed E-state index contributed by atoms with van der Waals surface area (Å²) in [5.74, 6) is 0.0606. The summed E-state index contributed by atoms with van der Waals surface area (Å²) in [7, 11) is 1.66. The molecule has 5 heteroatoms. The monoisotopic (exact) mass is 366 g/mol. The highest BCUT2D eigenvalue weighted by Gasteiger charge is 2.42. The predicted molar refractivity (Wildman–Crippen MR) is 103 cm³/mol. The number of hydrogen-bond donors (Lipinski definition) is 2. The van der Waals surface area contributed by atoms with Crippen LogP contribution in [0.25, 0.3) is 0 Å². The number of benzene rings is 1. The molecule has 0 radical (unpaired) electrons. The van der Waals surface area contributed by atoms with Gasteiger partial charge in [0.15, 0.2) is 0 Å². The van der Waals surface area contributed by atoms with E-state index in [1.54, 1.807) is 7.11 Å². The van der Waals surface area contributed by atoms with Crippen LogP contribution in [-0.2, 0) is 14.9 Å². The molecule has 3 rings (SSSR count). The molecule has 2 N–H and O–H groups in total. The highest BCUT2D eigenvalue weighted by atomic mass is 35.5. The van der Waals surface area contributed by atoms with Crippen LogP contribution in [0.5, 0.6) is 0 Å². The van der Waals surface area contributed by atoms with Gasteiger partial charge in [0.05, 0.1) is 0 Å². The van der Waals surface area contributed by atoms with Crippen LogP contribution in [-0.4, -0.2) is 38.3 Å². The van der Waals surface area contributed by atoms with E-state index in [-0.39, 0.29) is 23.7 Å². The highest BCUT2D eigenvalue weighted by molar-refractivity contribution is 5.85. The Morgan fingerprint density at radius 3 is 2.48 bits per heavy atom. The van der Waals surface area contributed by atoms with Gasteiger partial charge < -0.3 is 15.4 Å². The van der Waals surface area contributed by atoms with E-state index in [9.17, 15) is 4.79 Å². The van der Waals surface area contributed by atoms with Gasteiger partial charge in [-0.3, -0.25) is 4.79 Å². The first kappa shape index (κ1) is 20.2. The zero-order chi connectivity index (χ0) is 17.0. The Morgan fingerprint density at radius 2 is 1.88 bits per heavy atom. The van der Waals surface area contributed by atoms with E-state index in [1.165, 1.54) is 24.0 Å². The quantitative estimate of drug-likeness (QED) is 0.841. The van der Waals surface area contributed by atoms with E-state index in [0.717, 1.165) is 38.8 Å². The summed E-state index contributed by atoms with van der Waals surface area (Å²) in [4.78, 5) is 12.9. The number of halogens is 1. The number of carbonyl (C=O) groups excluding carboxylic acids is 1. The van der Waals surface area contributed by atoms with Gasteiger partial charge in [0.1, 0.15) is 5.60 Å². The Hall–Kier alpha value is -1.10. The number of aryl methyl sites for hydroxylation is 1. The third kappa shape index (κ3) is 4.18. The van der Waals surface area contributed by atoms with Gasteiger partial charge in [0.25, 0.3) is 5.91 Å². The first-order valence-corrected chi connectivity index (χ1v) is 9.22. The van der Waals surface area contributed by atoms with Gasteiger partial charge in [-0.1, -0.05) is 42.7 Å². The van der Waals surface area contributed by atoms with E-state index in [0.29, 0.717) is 6.54 Å². The third-order valence-corrected chi connectivity index (χ3v) is 5.99. The second-order valence-corrected chi connectivity index (χ2v) is 7.49. The maximum absolute atomic E-state index is 12.9. The molecular formula is C20H31ClN2O2. The lowest BCUT2D eigenvalue weighted by Gasteiger charge is -2.37. The van der Waals surface area contributed by atoms with E-state index in [1.807, 2.05) is 0 Å². The minimum atomic E-state index is -0.655. The van der Waals surface area contributed by atoms with Crippen molar-refractivity contribution >= 4 is 18.3 Å². The van der Waals surface area contributed by atoms with Gasteiger partial charge in [-0.15, -0.1) is 12.4 Å². The molecule has 140 valence electrons. The molecule has 2 fully saturated rings. The summed E-state index contributed by atoms with van der Waals surface area (Å²) >= 11 is 0. The lowest BCUT2D eigenvalue weighted by atomic mass is 9.78. The number of amides is 1. The highest BCUT2D eigenvalue weighted by Crippen LogP contribution is 2.41. The van der Waals surface area contributed by atoms with E-state index in [2.05, 4.69) is 41.8 Å². The van der Waals surface area contributed by atoms with Crippen molar-refractivity contribution in [2.45, 2.75) is 56.5 Å². The number of carbonyl (C=O) groups is 1. The predicted octanol–water partition coefficient (Wildman–Crippen LogP) is 3.11. The summed E-state index contributed by atoms with van der Waals surface area (Å²) < 4.78 is 5.66. The van der Waals surface area contributed by atoms with Crippen molar-refractivity contribution in [3.63, 3.8) is 0 Å². The van der Waals surface area contributed by atoms with E-state index < -0.39 is 5.60 Å². The van der Waals surface area contributed by atoms with Crippen LogP contribution in [0, 0.1) is 6.92 Å². The molecule has 1 saturated carbocycles. The van der Waals surface area contributed by atoms with Crippen molar-refractivity contribution < 1.29 is 9.53 Å². The fourth-order valence-corrected chi connectivity index (χ4v) is 4.36. The minimum Gasteiger partial charge on any atom is -0.368 e. The maximum atomic E-state index is 12.9. The number of rotatable bonds is 5. The van der Waals surface area contributed by atoms with Gasteiger partial charge in [0, 0.05) is 19.1 Å². The van der Waals surface area contributed by atoms with Gasteiger partial charge >= 0.3 is 0 Å². The summed E-state index contributed by atoms with van der Waals surface area (Å²) in [5, 5.41) is 6.56. The topological polar surface area (TPSA) is 50.4 Å². The van der Waals surface area contributed by atoms with Crippen molar-refractivity contribution in [1.82, 2.24) is 10.6 Å². The Morgan fingerprint density at radius 1 is 1.20 bits per heavy atom. The molecule has 0 spiro atoms. The zero-order valence-corrected chi connectivity index (χ0v) is 16.2. The average Bonchev–Trinajstić information content (AvgIpc) is 3.10. The normalized spacial score (nSPS) is 21.4. The van der Waals surface area contributed by atoms with Gasteiger partial charge in [-0.25, -0.2) is 0 Å². The standard InChI is InChI=1S/C20H30N2O2.ClH/c1-16-6-5-7-17(14-16)19(8-3-4-9-19)15-22-18(23)20(24-2)10-12-21-13-11-20;/h5-7,14,21H,3-4,8-13,15H2,1-2H3,(H,22,23);1H. The molecule has 0 atom stereocenters. The maximum Gasteiger partial charge on any atom is 0.252 e. The minimum absolute atomic E-state index is 0. The number of ether oxygens (including phenoxy) is 1. The summed E-state index contributed by atoms with van der Waals surface area (Å²) in [6.45, 7) is 4.53. The number of nitrogens with one attached hydrogen (secondary N) is 2. The molecule has 1 amide bonds. The Labute approximate surface area is 157 Å². The molecule has 2 aliphatic rings. The fourth-order valence-electron chi connectivity index (χ4n) is 4.36. The van der Waals surface area contributed by atoms with Crippen molar-refractivity contribution in [3.05, 3.63) is 35.4 Å². The average molecular weight is 367 g/mol. The number of piperidine rings is 1. The summed E-state index contributed by atoms with van der Waals surface area (Å²) in [6, 6.07) is 8.78. The molecule has 1 aromatic carbocycles. The summed E-state index contributed by atoms with van der Waals surface area (Å²) in [6.07, 6.45) is 6.27. The Balaban J connectivity index is 0.00000225. The molecule has 0 unspecified atom stereocenters. The summed E-state index contributed by atoms with van der Waals surface area (Å²) in [5.41, 5.74) is 2.09. The second kappa shape index (κ2) is 8.52. The third-order valence-electron chi connectivity index (χ3n) is 5.99. The molecule has 1 saturated heterocycles. The molecule has 25 heavy (non-hydrogen) atoms. The SMILES string of the molecule is COC1(C(=O)NCC2(c3cccc(C)c3)CCCC2)CCNCC1.Cl. The first-order valence-electron chi connectivity index (χ1n) is 9.22. The Kier molecular flexibility index (Phi) is 6.89. The van der Waals surface area contributed by atoms with Crippen LogP contribution >= 0.6 is 12.4 Å². The molecule has 0 bridgehead atoms. The van der Waals surface area contributed by atoms with Crippen molar-refractivity contribution in [2.75, 3.05) is 26.7 Å². The van der Waals surface area contributed by atoms with Crippen LogP contribution in [0.1, 0.15) is 49.7 Å². The smallest absolute Gasteiger partial charge is 0.252 e. The van der Waals surface area contributed by atoms with Crippen LogP contribution in [0.15, 0.2) is 24.3 Å². The van der Waals surface area contributed by atoms with Crippen molar-refractivity contribution in [1.29, 1.82) is 0 Å². The molecule has 1 aromatic rings. The molecule has 0 aromatic heterocycles. The molecule has 1 aliphatic heterocycles. The van der Waals surface area contributed by atoms with E-state index in [4.69, 9.17) is 4.74 Å². The largest absolute Gasteiger partial charge is 0.368 e. The number of hydrogen-bond acceptors (Lipinski definition) is 3. The van der Waals surface area contributed by atoms with E-state index >= 15 is 0 Å². The fraction of sp³-hybridized carbons (Fsp3) is 0.650. The number of methoxy groups -OCH3 is 1. The molecule has 1 aliphatic carbocycles. The van der Waals surface area contributed by atoms with Crippen LogP contribution in [0.4, 0.5) is 0 Å². The van der Waals surface area contributed by atoms with Crippen LogP contribution < -0.4 is 10.6 Å². The molecule has 4 nitrogen and oxygen atoms in total. The molecule has 1 heterocycles. The lowest BCUT2D eigenvalue weighted by molar-refractivity contribution is -0.147. The van der Waals surface area contributed by atoms with Crippen LogP contribution in [0.2, 0.25) is 0 Å². The van der Waals surface area contributed by atoms with Crippen molar-refractivity contribution in [2.24, 2.45) is 0 Å². The second-order valence-electron chi connectivity index (χ2n) is 7.49. The first-order chi connectivity index (χ1) is 11.6. The Bertz CT molecular complexity index is 579. The lowest BCUT2D eigenvalue weighted by Crippen LogP contribution is -2.55. The van der Waals surface area contributed by atoms with Crippen molar-refractivity contribution in [3.8, 4) is 0 Å². The van der Waals surface area contributed by atoms with Crippen LogP contribution in [0.3, 0.4) is 0 Å². The van der Waals surface area contributed by atoms with Gasteiger partial charge in [-0.05, 0) is 51.3 Å².